The van der Waals surface area contributed by atoms with E-state index in [0.29, 0.717) is 6.42 Å². The third-order valence-electron chi connectivity index (χ3n) is 2.02. The van der Waals surface area contributed by atoms with Gasteiger partial charge in [-0.3, -0.25) is 0 Å². The van der Waals surface area contributed by atoms with Crippen molar-refractivity contribution in [3.8, 4) is 0 Å². The zero-order valence-electron chi connectivity index (χ0n) is 7.64. The summed E-state index contributed by atoms with van der Waals surface area (Å²) < 4.78 is 22.4. The molecular formula is C8H13NO4S. The Morgan fingerprint density at radius 1 is 1.50 bits per heavy atom. The minimum atomic E-state index is -2.93. The van der Waals surface area contributed by atoms with Gasteiger partial charge in [0.1, 0.15) is 0 Å². The highest BCUT2D eigenvalue weighted by Crippen LogP contribution is 2.11. The molecule has 1 rings (SSSR count). The third-order valence-corrected chi connectivity index (χ3v) is 3.84. The summed E-state index contributed by atoms with van der Waals surface area (Å²) in [5.41, 5.74) is 0. The second-order valence-electron chi connectivity index (χ2n) is 3.29. The summed E-state index contributed by atoms with van der Waals surface area (Å²) in [5, 5.41) is 11.1. The van der Waals surface area contributed by atoms with Crippen molar-refractivity contribution < 1.29 is 18.3 Å². The molecule has 6 heteroatoms. The standard InChI is InChI=1S/C8H13NO4S/c10-8(11)3-4-9-7-2-1-5-14(12,13)6-7/h3-4,7,9H,1-2,5-6H2,(H,10,11)/b4-3+. The van der Waals surface area contributed by atoms with E-state index >= 15 is 0 Å². The summed E-state index contributed by atoms with van der Waals surface area (Å²) >= 11 is 0. The predicted octanol–water partition coefficient (Wildman–Crippen LogP) is -0.249. The van der Waals surface area contributed by atoms with Crippen molar-refractivity contribution in [2.24, 2.45) is 0 Å². The van der Waals surface area contributed by atoms with Crippen molar-refractivity contribution >= 4 is 15.8 Å². The summed E-state index contributed by atoms with van der Waals surface area (Å²) in [7, 11) is -2.93. The van der Waals surface area contributed by atoms with Gasteiger partial charge >= 0.3 is 5.97 Å². The van der Waals surface area contributed by atoms with Crippen molar-refractivity contribution in [2.45, 2.75) is 18.9 Å². The topological polar surface area (TPSA) is 83.5 Å². The first-order valence-electron chi connectivity index (χ1n) is 4.35. The molecule has 1 saturated heterocycles. The predicted molar refractivity (Wildman–Crippen MR) is 51.6 cm³/mol. The molecule has 0 aromatic carbocycles. The Balaban J connectivity index is 2.43. The van der Waals surface area contributed by atoms with E-state index < -0.39 is 15.8 Å². The maximum absolute atomic E-state index is 11.2. The normalized spacial score (nSPS) is 26.1. The van der Waals surface area contributed by atoms with Gasteiger partial charge in [-0.05, 0) is 12.8 Å². The number of hydrogen-bond acceptors (Lipinski definition) is 4. The molecule has 1 fully saturated rings. The molecule has 0 aromatic rings. The Labute approximate surface area is 82.7 Å². The van der Waals surface area contributed by atoms with E-state index in [4.69, 9.17) is 5.11 Å². The smallest absolute Gasteiger partial charge is 0.329 e. The number of nitrogens with one attached hydrogen (secondary N) is 1. The van der Waals surface area contributed by atoms with E-state index in [0.717, 1.165) is 12.5 Å². The summed E-state index contributed by atoms with van der Waals surface area (Å²) in [4.78, 5) is 10.1. The Hall–Kier alpha value is -1.04. The quantitative estimate of drug-likeness (QED) is 0.640. The number of aliphatic carboxylic acids is 1. The van der Waals surface area contributed by atoms with Crippen LogP contribution in [0.1, 0.15) is 12.8 Å². The number of rotatable bonds is 3. The van der Waals surface area contributed by atoms with E-state index in [-0.39, 0.29) is 17.5 Å². The summed E-state index contributed by atoms with van der Waals surface area (Å²) in [6.07, 6.45) is 3.65. The van der Waals surface area contributed by atoms with Crippen LogP contribution < -0.4 is 5.32 Å². The molecule has 0 aromatic heterocycles. The minimum absolute atomic E-state index is 0.0942. The summed E-state index contributed by atoms with van der Waals surface area (Å²) in [6.45, 7) is 0. The maximum Gasteiger partial charge on any atom is 0.329 e. The Morgan fingerprint density at radius 3 is 2.79 bits per heavy atom. The van der Waals surface area contributed by atoms with Gasteiger partial charge in [0.15, 0.2) is 9.84 Å². The SMILES string of the molecule is O=C(O)/C=C/NC1CCCS(=O)(=O)C1. The van der Waals surface area contributed by atoms with Gasteiger partial charge in [-0.1, -0.05) is 0 Å². The highest BCUT2D eigenvalue weighted by molar-refractivity contribution is 7.91. The first kappa shape index (κ1) is 11.0. The lowest BCUT2D eigenvalue weighted by Crippen LogP contribution is -2.37. The summed E-state index contributed by atoms with van der Waals surface area (Å²) in [6, 6.07) is -0.149. The van der Waals surface area contributed by atoms with Crippen LogP contribution >= 0.6 is 0 Å². The third kappa shape index (κ3) is 3.78. The molecule has 2 N–H and O–H groups in total. The number of carboxylic acid groups (broad SMARTS) is 1. The van der Waals surface area contributed by atoms with Crippen LogP contribution in [-0.2, 0) is 14.6 Å². The van der Waals surface area contributed by atoms with Gasteiger partial charge in [0.2, 0.25) is 0 Å². The zero-order valence-corrected chi connectivity index (χ0v) is 8.46. The van der Waals surface area contributed by atoms with Gasteiger partial charge in [0.25, 0.3) is 0 Å². The summed E-state index contributed by atoms with van der Waals surface area (Å²) in [5.74, 6) is -0.707. The highest BCUT2D eigenvalue weighted by Gasteiger charge is 2.23. The maximum atomic E-state index is 11.2. The van der Waals surface area contributed by atoms with Gasteiger partial charge in [-0.25, -0.2) is 13.2 Å². The highest BCUT2D eigenvalue weighted by atomic mass is 32.2. The number of hydrogen-bond donors (Lipinski definition) is 2. The van der Waals surface area contributed by atoms with Crippen LogP contribution in [0.5, 0.6) is 0 Å². The molecule has 1 atom stereocenters. The first-order chi connectivity index (χ1) is 6.49. The average molecular weight is 219 g/mol. The largest absolute Gasteiger partial charge is 0.478 e. The molecule has 1 aliphatic rings. The van der Waals surface area contributed by atoms with Gasteiger partial charge in [0, 0.05) is 18.3 Å². The van der Waals surface area contributed by atoms with Gasteiger partial charge in [-0.15, -0.1) is 0 Å². The van der Waals surface area contributed by atoms with Crippen LogP contribution in [0.2, 0.25) is 0 Å². The molecule has 0 aliphatic carbocycles. The van der Waals surface area contributed by atoms with E-state index in [2.05, 4.69) is 5.32 Å². The number of carbonyl (C=O) groups is 1. The van der Waals surface area contributed by atoms with E-state index in [1.54, 1.807) is 0 Å². The lowest BCUT2D eigenvalue weighted by molar-refractivity contribution is -0.131. The van der Waals surface area contributed by atoms with E-state index in [1.165, 1.54) is 6.20 Å². The Kier molecular flexibility index (Phi) is 3.51. The van der Waals surface area contributed by atoms with Crippen LogP contribution in [-0.4, -0.2) is 37.0 Å². The fourth-order valence-electron chi connectivity index (χ4n) is 1.41. The number of carboxylic acids is 1. The Morgan fingerprint density at radius 2 is 2.21 bits per heavy atom. The molecule has 14 heavy (non-hydrogen) atoms. The van der Waals surface area contributed by atoms with E-state index in [9.17, 15) is 13.2 Å². The van der Waals surface area contributed by atoms with Crippen LogP contribution in [0.15, 0.2) is 12.3 Å². The fraction of sp³-hybridized carbons (Fsp3) is 0.625. The van der Waals surface area contributed by atoms with Gasteiger partial charge in [-0.2, -0.15) is 0 Å². The van der Waals surface area contributed by atoms with Crippen molar-refractivity contribution in [2.75, 3.05) is 11.5 Å². The van der Waals surface area contributed by atoms with Crippen LogP contribution in [0, 0.1) is 0 Å². The van der Waals surface area contributed by atoms with Crippen LogP contribution in [0.3, 0.4) is 0 Å². The van der Waals surface area contributed by atoms with Crippen molar-refractivity contribution in [1.82, 2.24) is 5.32 Å². The lowest BCUT2D eigenvalue weighted by atomic mass is 10.2. The molecule has 0 spiro atoms. The van der Waals surface area contributed by atoms with Crippen LogP contribution in [0.25, 0.3) is 0 Å². The molecule has 80 valence electrons. The fourth-order valence-corrected chi connectivity index (χ4v) is 3.06. The molecule has 0 saturated carbocycles. The average Bonchev–Trinajstić information content (AvgIpc) is 2.01. The lowest BCUT2D eigenvalue weighted by Gasteiger charge is -2.21. The Bertz CT molecular complexity index is 333. The minimum Gasteiger partial charge on any atom is -0.478 e. The van der Waals surface area contributed by atoms with Crippen molar-refractivity contribution in [3.63, 3.8) is 0 Å². The molecule has 1 aliphatic heterocycles. The molecule has 1 heterocycles. The second-order valence-corrected chi connectivity index (χ2v) is 5.52. The van der Waals surface area contributed by atoms with Crippen LogP contribution in [0.4, 0.5) is 0 Å². The number of sulfone groups is 1. The van der Waals surface area contributed by atoms with Gasteiger partial charge in [0.05, 0.1) is 11.5 Å². The molecule has 0 amide bonds. The monoisotopic (exact) mass is 219 g/mol. The molecule has 5 nitrogen and oxygen atoms in total. The molecule has 1 unspecified atom stereocenters. The van der Waals surface area contributed by atoms with Gasteiger partial charge < -0.3 is 10.4 Å². The molecular weight excluding hydrogens is 206 g/mol. The van der Waals surface area contributed by atoms with Crippen molar-refractivity contribution in [1.29, 1.82) is 0 Å². The second kappa shape index (κ2) is 4.45. The molecule has 0 radical (unpaired) electrons. The van der Waals surface area contributed by atoms with Crippen molar-refractivity contribution in [3.05, 3.63) is 12.3 Å². The first-order valence-corrected chi connectivity index (χ1v) is 6.18. The zero-order chi connectivity index (χ0) is 10.6. The van der Waals surface area contributed by atoms with E-state index in [1.807, 2.05) is 0 Å². The molecule has 0 bridgehead atoms.